The summed E-state index contributed by atoms with van der Waals surface area (Å²) < 4.78 is 36.2. The number of thioether (sulfide) groups is 1. The average molecular weight is 222 g/mol. The van der Waals surface area contributed by atoms with Crippen LogP contribution in [0.1, 0.15) is 11.1 Å². The first kappa shape index (κ1) is 11.4. The molecule has 0 bridgehead atoms. The summed E-state index contributed by atoms with van der Waals surface area (Å²) in [7, 11) is 0. The molecule has 0 radical (unpaired) electrons. The highest BCUT2D eigenvalue weighted by molar-refractivity contribution is 8.00. The van der Waals surface area contributed by atoms with Gasteiger partial charge >= 0.3 is 5.51 Å². The SMILES string of the molecule is Cc1ccc(CO)c(SC(F)(F)F)c1. The molecule has 1 N–H and O–H groups in total. The van der Waals surface area contributed by atoms with Crippen LogP contribution in [0.3, 0.4) is 0 Å². The molecular formula is C9H9F3OS. The maximum absolute atomic E-state index is 12.1. The monoisotopic (exact) mass is 222 g/mol. The fourth-order valence-corrected chi connectivity index (χ4v) is 1.77. The number of alkyl halides is 3. The predicted molar refractivity (Wildman–Crippen MR) is 49.0 cm³/mol. The Bertz CT molecular complexity index is 322. The van der Waals surface area contributed by atoms with E-state index in [0.29, 0.717) is 5.56 Å². The Labute approximate surface area is 83.9 Å². The smallest absolute Gasteiger partial charge is 0.392 e. The highest BCUT2D eigenvalue weighted by Crippen LogP contribution is 2.38. The van der Waals surface area contributed by atoms with Crippen LogP contribution in [-0.2, 0) is 6.61 Å². The molecule has 5 heteroatoms. The van der Waals surface area contributed by atoms with Crippen LogP contribution in [0, 0.1) is 6.92 Å². The van der Waals surface area contributed by atoms with E-state index in [4.69, 9.17) is 5.11 Å². The van der Waals surface area contributed by atoms with Gasteiger partial charge in [0.15, 0.2) is 0 Å². The molecule has 0 unspecified atom stereocenters. The van der Waals surface area contributed by atoms with Crippen molar-refractivity contribution >= 4 is 11.8 Å². The van der Waals surface area contributed by atoms with Crippen molar-refractivity contribution in [2.75, 3.05) is 0 Å². The van der Waals surface area contributed by atoms with Crippen molar-refractivity contribution in [3.8, 4) is 0 Å². The molecule has 0 aromatic heterocycles. The van der Waals surface area contributed by atoms with E-state index in [9.17, 15) is 13.2 Å². The number of halogens is 3. The van der Waals surface area contributed by atoms with Crippen LogP contribution in [0.2, 0.25) is 0 Å². The van der Waals surface area contributed by atoms with E-state index in [1.807, 2.05) is 0 Å². The average Bonchev–Trinajstić information content (AvgIpc) is 2.01. The number of rotatable bonds is 2. The van der Waals surface area contributed by atoms with Gasteiger partial charge in [0.1, 0.15) is 0 Å². The van der Waals surface area contributed by atoms with Gasteiger partial charge in [0, 0.05) is 4.90 Å². The highest BCUT2D eigenvalue weighted by atomic mass is 32.2. The molecule has 78 valence electrons. The maximum atomic E-state index is 12.1. The molecule has 0 aliphatic heterocycles. The lowest BCUT2D eigenvalue weighted by Crippen LogP contribution is -2.01. The van der Waals surface area contributed by atoms with Crippen LogP contribution in [0.5, 0.6) is 0 Å². The second kappa shape index (κ2) is 4.23. The van der Waals surface area contributed by atoms with Gasteiger partial charge in [0.2, 0.25) is 0 Å². The summed E-state index contributed by atoms with van der Waals surface area (Å²) in [6.45, 7) is 1.33. The van der Waals surface area contributed by atoms with Crippen molar-refractivity contribution in [2.24, 2.45) is 0 Å². The second-order valence-corrected chi connectivity index (χ2v) is 3.92. The minimum Gasteiger partial charge on any atom is -0.392 e. The number of aliphatic hydroxyl groups excluding tert-OH is 1. The van der Waals surface area contributed by atoms with Crippen molar-refractivity contribution in [3.63, 3.8) is 0 Å². The quantitative estimate of drug-likeness (QED) is 0.776. The maximum Gasteiger partial charge on any atom is 0.446 e. The van der Waals surface area contributed by atoms with Crippen LogP contribution in [-0.4, -0.2) is 10.6 Å². The van der Waals surface area contributed by atoms with E-state index in [1.54, 1.807) is 13.0 Å². The largest absolute Gasteiger partial charge is 0.446 e. The van der Waals surface area contributed by atoms with E-state index < -0.39 is 5.51 Å². The zero-order valence-electron chi connectivity index (χ0n) is 7.43. The first-order valence-electron chi connectivity index (χ1n) is 3.88. The van der Waals surface area contributed by atoms with Crippen molar-refractivity contribution < 1.29 is 18.3 Å². The Morgan fingerprint density at radius 3 is 2.50 bits per heavy atom. The molecule has 0 saturated carbocycles. The van der Waals surface area contributed by atoms with Crippen LogP contribution in [0.25, 0.3) is 0 Å². The standard InChI is InChI=1S/C9H9F3OS/c1-6-2-3-7(5-13)8(4-6)14-9(10,11)12/h2-4,13H,5H2,1H3. The van der Waals surface area contributed by atoms with Gasteiger partial charge in [0.05, 0.1) is 6.61 Å². The molecule has 1 nitrogen and oxygen atoms in total. The van der Waals surface area contributed by atoms with E-state index in [0.717, 1.165) is 5.56 Å². The summed E-state index contributed by atoms with van der Waals surface area (Å²) in [4.78, 5) is 0.0694. The summed E-state index contributed by atoms with van der Waals surface area (Å²) in [5, 5.41) is 8.83. The van der Waals surface area contributed by atoms with Gasteiger partial charge < -0.3 is 5.11 Å². The number of benzene rings is 1. The Balaban J connectivity index is 2.99. The van der Waals surface area contributed by atoms with Gasteiger partial charge in [-0.3, -0.25) is 0 Å². The topological polar surface area (TPSA) is 20.2 Å². The molecule has 1 aromatic rings. The fraction of sp³-hybridized carbons (Fsp3) is 0.333. The third-order valence-corrected chi connectivity index (χ3v) is 2.45. The zero-order chi connectivity index (χ0) is 10.8. The molecule has 0 fully saturated rings. The van der Waals surface area contributed by atoms with Crippen molar-refractivity contribution in [1.82, 2.24) is 0 Å². The summed E-state index contributed by atoms with van der Waals surface area (Å²) in [5.41, 5.74) is -3.26. The normalized spacial score (nSPS) is 11.8. The zero-order valence-corrected chi connectivity index (χ0v) is 8.25. The molecule has 1 rings (SSSR count). The van der Waals surface area contributed by atoms with E-state index in [-0.39, 0.29) is 23.3 Å². The molecule has 0 saturated heterocycles. The van der Waals surface area contributed by atoms with E-state index in [2.05, 4.69) is 0 Å². The summed E-state index contributed by atoms with van der Waals surface area (Å²) >= 11 is -0.194. The molecule has 1 aromatic carbocycles. The van der Waals surface area contributed by atoms with Gasteiger partial charge in [-0.25, -0.2) is 0 Å². The molecule has 0 aliphatic rings. The third kappa shape index (κ3) is 3.23. The van der Waals surface area contributed by atoms with Gasteiger partial charge in [-0.1, -0.05) is 12.1 Å². The summed E-state index contributed by atoms with van der Waals surface area (Å²) in [6, 6.07) is 4.60. The highest BCUT2D eigenvalue weighted by Gasteiger charge is 2.30. The number of aryl methyl sites for hydroxylation is 1. The fourth-order valence-electron chi connectivity index (χ4n) is 1.01. The number of hydrogen-bond acceptors (Lipinski definition) is 2. The van der Waals surface area contributed by atoms with E-state index >= 15 is 0 Å². The number of aliphatic hydroxyl groups is 1. The van der Waals surface area contributed by atoms with Crippen molar-refractivity contribution in [2.45, 2.75) is 23.9 Å². The van der Waals surface area contributed by atoms with E-state index in [1.165, 1.54) is 12.1 Å². The lowest BCUT2D eigenvalue weighted by atomic mass is 10.2. The number of hydrogen-bond donors (Lipinski definition) is 1. The second-order valence-electron chi connectivity index (χ2n) is 2.82. The molecule has 0 spiro atoms. The van der Waals surface area contributed by atoms with Crippen LogP contribution in [0.4, 0.5) is 13.2 Å². The van der Waals surface area contributed by atoms with Crippen molar-refractivity contribution in [3.05, 3.63) is 29.3 Å². The Hall–Kier alpha value is -0.680. The minimum absolute atomic E-state index is 0.0694. The van der Waals surface area contributed by atoms with Gasteiger partial charge in [-0.15, -0.1) is 0 Å². The Kier molecular flexibility index (Phi) is 3.44. The van der Waals surface area contributed by atoms with Gasteiger partial charge in [-0.2, -0.15) is 13.2 Å². The molecule has 0 amide bonds. The van der Waals surface area contributed by atoms with Crippen molar-refractivity contribution in [1.29, 1.82) is 0 Å². The van der Waals surface area contributed by atoms with Gasteiger partial charge in [0.25, 0.3) is 0 Å². The lowest BCUT2D eigenvalue weighted by molar-refractivity contribution is -0.0328. The first-order valence-corrected chi connectivity index (χ1v) is 4.70. The molecule has 14 heavy (non-hydrogen) atoms. The third-order valence-electron chi connectivity index (χ3n) is 1.62. The summed E-state index contributed by atoms with van der Waals surface area (Å²) in [6.07, 6.45) is 0. The lowest BCUT2D eigenvalue weighted by Gasteiger charge is -2.10. The first-order chi connectivity index (χ1) is 6.42. The molecule has 0 atom stereocenters. The molecule has 0 aliphatic carbocycles. The molecular weight excluding hydrogens is 213 g/mol. The van der Waals surface area contributed by atoms with Crippen LogP contribution in [0.15, 0.2) is 23.1 Å². The Morgan fingerprint density at radius 1 is 1.36 bits per heavy atom. The Morgan fingerprint density at radius 2 is 2.00 bits per heavy atom. The molecule has 0 heterocycles. The predicted octanol–water partition coefficient (Wildman–Crippen LogP) is 3.10. The van der Waals surface area contributed by atoms with Gasteiger partial charge in [-0.05, 0) is 35.9 Å². The minimum atomic E-state index is -4.31. The summed E-state index contributed by atoms with van der Waals surface area (Å²) in [5.74, 6) is 0. The van der Waals surface area contributed by atoms with Crippen LogP contribution < -0.4 is 0 Å². The van der Waals surface area contributed by atoms with Crippen LogP contribution >= 0.6 is 11.8 Å².